The monoisotopic (exact) mass is 486 g/mol. The van der Waals surface area contributed by atoms with E-state index in [1.54, 1.807) is 0 Å². The van der Waals surface area contributed by atoms with Gasteiger partial charge in [0.25, 0.3) is 0 Å². The minimum Gasteiger partial charge on any atom is -0.396 e. The van der Waals surface area contributed by atoms with Crippen LogP contribution in [0.15, 0.2) is 0 Å². The fraction of sp³-hybridized carbons (Fsp3) is 1.00. The molecule has 29 heavy (non-hydrogen) atoms. The van der Waals surface area contributed by atoms with E-state index in [1.165, 1.54) is 128 Å². The Morgan fingerprint density at radius 1 is 0.345 bits per heavy atom. The fourth-order valence-corrected chi connectivity index (χ4v) is 5.83. The van der Waals surface area contributed by atoms with Crippen LogP contribution >= 0.6 is 33.2 Å². The van der Waals surface area contributed by atoms with Gasteiger partial charge in [-0.2, -0.15) is 0 Å². The van der Waals surface area contributed by atoms with Crippen LogP contribution in [0.2, 0.25) is 6.04 Å². The van der Waals surface area contributed by atoms with Crippen LogP contribution in [0, 0.1) is 0 Å². The molecule has 0 amide bonds. The molecule has 176 valence electrons. The molecule has 0 aliphatic heterocycles. The van der Waals surface area contributed by atoms with Crippen molar-refractivity contribution >= 4 is 39.2 Å². The summed E-state index contributed by atoms with van der Waals surface area (Å²) in [6.07, 6.45) is 29.8. The van der Waals surface area contributed by atoms with Gasteiger partial charge in [0.2, 0.25) is 0 Å². The summed E-state index contributed by atoms with van der Waals surface area (Å²) in [4.78, 5) is 0. The van der Waals surface area contributed by atoms with Gasteiger partial charge in [-0.3, -0.25) is 0 Å². The van der Waals surface area contributed by atoms with Crippen molar-refractivity contribution in [2.24, 2.45) is 0 Å². The molecule has 0 unspecified atom stereocenters. The quantitative estimate of drug-likeness (QED) is 0.0815. The van der Waals surface area contributed by atoms with Crippen molar-refractivity contribution in [3.8, 4) is 0 Å². The molecule has 0 aromatic heterocycles. The third-order valence-corrected chi connectivity index (χ3v) is 8.49. The van der Waals surface area contributed by atoms with Crippen LogP contribution in [-0.2, 0) is 0 Å². The molecule has 0 aromatic carbocycles. The number of hydrogen-bond acceptors (Lipinski definition) is 1. The highest BCUT2D eigenvalue weighted by atomic mass is 35.8. The SMILES string of the molecule is OCCCCCCCCCCCCCCCCCCCCCCCC[Si](Cl)(Cl)Cl. The highest BCUT2D eigenvalue weighted by Crippen LogP contribution is 2.27. The zero-order valence-electron chi connectivity index (χ0n) is 19.1. The van der Waals surface area contributed by atoms with Crippen molar-refractivity contribution in [2.75, 3.05) is 6.61 Å². The Kier molecular flexibility index (Phi) is 24.6. The Morgan fingerprint density at radius 2 is 0.552 bits per heavy atom. The summed E-state index contributed by atoms with van der Waals surface area (Å²) in [5, 5.41) is 8.74. The summed E-state index contributed by atoms with van der Waals surface area (Å²) < 4.78 is 0. The molecule has 0 rings (SSSR count). The van der Waals surface area contributed by atoms with Gasteiger partial charge < -0.3 is 5.11 Å². The topological polar surface area (TPSA) is 20.2 Å². The van der Waals surface area contributed by atoms with Crippen LogP contribution < -0.4 is 0 Å². The Labute approximate surface area is 197 Å². The van der Waals surface area contributed by atoms with Crippen molar-refractivity contribution in [2.45, 2.75) is 147 Å². The zero-order chi connectivity index (χ0) is 21.5. The van der Waals surface area contributed by atoms with Crippen molar-refractivity contribution in [3.63, 3.8) is 0 Å². The summed E-state index contributed by atoms with van der Waals surface area (Å²) in [6, 6.07) is -1.54. The van der Waals surface area contributed by atoms with Gasteiger partial charge >= 0.3 is 6.00 Å². The van der Waals surface area contributed by atoms with Crippen LogP contribution in [0.1, 0.15) is 141 Å². The predicted octanol–water partition coefficient (Wildman–Crippen LogP) is 10.2. The minimum absolute atomic E-state index is 0.365. The summed E-state index contributed by atoms with van der Waals surface area (Å²) >= 11 is 17.7. The highest BCUT2D eigenvalue weighted by molar-refractivity contribution is 7.64. The van der Waals surface area contributed by atoms with Gasteiger partial charge in [-0.15, -0.1) is 33.2 Å². The molecule has 0 saturated heterocycles. The van der Waals surface area contributed by atoms with Crippen molar-refractivity contribution in [3.05, 3.63) is 0 Å². The summed E-state index contributed by atoms with van der Waals surface area (Å²) in [5.41, 5.74) is 0. The minimum atomic E-state index is -2.36. The number of hydrogen-bond donors (Lipinski definition) is 1. The van der Waals surface area contributed by atoms with Gasteiger partial charge in [-0.1, -0.05) is 135 Å². The molecule has 0 radical (unpaired) electrons. The lowest BCUT2D eigenvalue weighted by molar-refractivity contribution is 0.282. The summed E-state index contributed by atoms with van der Waals surface area (Å²) in [6.45, 7) is 0.365. The maximum Gasteiger partial charge on any atom is 0.341 e. The number of unbranched alkanes of at least 4 members (excludes halogenated alkanes) is 21. The number of halogens is 3. The molecule has 1 N–H and O–H groups in total. The second-order valence-electron chi connectivity index (χ2n) is 8.87. The Balaban J connectivity index is 3.02. The van der Waals surface area contributed by atoms with Gasteiger partial charge in [0.15, 0.2) is 0 Å². The Hall–Kier alpha value is 1.05. The molecule has 0 aliphatic carbocycles. The zero-order valence-corrected chi connectivity index (χ0v) is 22.3. The molecule has 0 atom stereocenters. The summed E-state index contributed by atoms with van der Waals surface area (Å²) in [5.74, 6) is 0. The number of aliphatic hydroxyl groups excluding tert-OH is 1. The van der Waals surface area contributed by atoms with Gasteiger partial charge in [-0.25, -0.2) is 0 Å². The van der Waals surface area contributed by atoms with Crippen LogP contribution in [0.25, 0.3) is 0 Å². The Bertz CT molecular complexity index is 311. The van der Waals surface area contributed by atoms with Gasteiger partial charge in [0.1, 0.15) is 0 Å². The van der Waals surface area contributed by atoms with Crippen molar-refractivity contribution in [1.29, 1.82) is 0 Å². The molecule has 0 spiro atoms. The smallest absolute Gasteiger partial charge is 0.341 e. The molecule has 0 aliphatic rings. The molecule has 0 fully saturated rings. The molecule has 0 bridgehead atoms. The molecular formula is C24H49Cl3OSi. The van der Waals surface area contributed by atoms with E-state index in [2.05, 4.69) is 0 Å². The average molecular weight is 488 g/mol. The van der Waals surface area contributed by atoms with Crippen LogP contribution in [0.4, 0.5) is 0 Å². The second kappa shape index (κ2) is 23.7. The normalized spacial score (nSPS) is 12.0. The van der Waals surface area contributed by atoms with E-state index >= 15 is 0 Å². The first-order valence-corrected chi connectivity index (χ1v) is 18.0. The van der Waals surface area contributed by atoms with E-state index in [0.29, 0.717) is 6.61 Å². The van der Waals surface area contributed by atoms with Gasteiger partial charge in [0.05, 0.1) is 0 Å². The third-order valence-electron chi connectivity index (χ3n) is 5.87. The lowest BCUT2D eigenvalue weighted by atomic mass is 10.0. The van der Waals surface area contributed by atoms with Gasteiger partial charge in [-0.05, 0) is 12.5 Å². The average Bonchev–Trinajstić information content (AvgIpc) is 2.67. The first-order valence-electron chi connectivity index (χ1n) is 12.7. The van der Waals surface area contributed by atoms with Crippen LogP contribution in [0.5, 0.6) is 0 Å². The van der Waals surface area contributed by atoms with Crippen molar-refractivity contribution in [1.82, 2.24) is 0 Å². The molecule has 1 nitrogen and oxygen atoms in total. The van der Waals surface area contributed by atoms with Crippen LogP contribution in [-0.4, -0.2) is 17.7 Å². The van der Waals surface area contributed by atoms with E-state index in [0.717, 1.165) is 18.9 Å². The predicted molar refractivity (Wildman–Crippen MR) is 137 cm³/mol. The van der Waals surface area contributed by atoms with E-state index in [4.69, 9.17) is 38.3 Å². The number of aliphatic hydroxyl groups is 1. The number of rotatable bonds is 24. The maximum absolute atomic E-state index is 8.74. The first-order chi connectivity index (χ1) is 14.1. The summed E-state index contributed by atoms with van der Waals surface area (Å²) in [7, 11) is 0. The highest BCUT2D eigenvalue weighted by Gasteiger charge is 2.23. The first kappa shape index (κ1) is 30.0. The van der Waals surface area contributed by atoms with Crippen molar-refractivity contribution < 1.29 is 5.11 Å². The second-order valence-corrected chi connectivity index (χ2v) is 18.1. The van der Waals surface area contributed by atoms with Gasteiger partial charge in [0, 0.05) is 6.61 Å². The maximum atomic E-state index is 8.74. The standard InChI is InChI=1S/C24H49Cl3OSi/c25-29(26,27)24-22-20-18-16-14-12-10-8-6-4-2-1-3-5-7-9-11-13-15-17-19-21-23-28/h28H,1-24H2. The third kappa shape index (κ3) is 29.0. The molecule has 5 heteroatoms. The fourth-order valence-electron chi connectivity index (χ4n) is 3.97. The van der Waals surface area contributed by atoms with E-state index in [-0.39, 0.29) is 0 Å². The lowest BCUT2D eigenvalue weighted by Gasteiger charge is -2.07. The largest absolute Gasteiger partial charge is 0.396 e. The Morgan fingerprint density at radius 3 is 0.759 bits per heavy atom. The van der Waals surface area contributed by atoms with E-state index in [1.807, 2.05) is 0 Å². The van der Waals surface area contributed by atoms with E-state index in [9.17, 15) is 0 Å². The molecule has 0 heterocycles. The molecule has 0 saturated carbocycles. The molecule has 0 aromatic rings. The molecular weight excluding hydrogens is 439 g/mol. The van der Waals surface area contributed by atoms with Crippen LogP contribution in [0.3, 0.4) is 0 Å². The van der Waals surface area contributed by atoms with E-state index < -0.39 is 6.00 Å². The lowest BCUT2D eigenvalue weighted by Crippen LogP contribution is -2.07.